The summed E-state index contributed by atoms with van der Waals surface area (Å²) in [6.07, 6.45) is 5.15. The number of rotatable bonds is 5. The monoisotopic (exact) mass is 392 g/mol. The molecule has 1 saturated heterocycles. The maximum atomic E-state index is 13.1. The first-order valence-corrected chi connectivity index (χ1v) is 9.83. The number of likely N-dealkylation sites (N-methyl/N-ethyl adjacent to an activating group) is 1. The average Bonchev–Trinajstić information content (AvgIpc) is 3.17. The lowest BCUT2D eigenvalue weighted by Crippen LogP contribution is -2.48. The maximum Gasteiger partial charge on any atom is 0.287 e. The zero-order valence-corrected chi connectivity index (χ0v) is 16.4. The predicted octanol–water partition coefficient (Wildman–Crippen LogP) is 1.44. The van der Waals surface area contributed by atoms with Crippen molar-refractivity contribution in [3.05, 3.63) is 66.0 Å². The number of pyridine rings is 2. The molecule has 2 amide bonds. The van der Waals surface area contributed by atoms with E-state index >= 15 is 0 Å². The fourth-order valence-corrected chi connectivity index (χ4v) is 3.54. The molecule has 0 saturated carbocycles. The minimum atomic E-state index is -0.329. The van der Waals surface area contributed by atoms with Crippen molar-refractivity contribution in [3.63, 3.8) is 0 Å². The Morgan fingerprint density at radius 3 is 2.66 bits per heavy atom. The number of imidazole rings is 1. The normalized spacial score (nSPS) is 14.9. The summed E-state index contributed by atoms with van der Waals surface area (Å²) in [5.74, 6) is -0.249. The van der Waals surface area contributed by atoms with Crippen LogP contribution < -0.4 is 5.32 Å². The van der Waals surface area contributed by atoms with Gasteiger partial charge < -0.3 is 15.1 Å². The molecular weight excluding hydrogens is 368 g/mol. The van der Waals surface area contributed by atoms with Crippen molar-refractivity contribution in [1.82, 2.24) is 29.5 Å². The Bertz CT molecular complexity index is 1010. The second-order valence-corrected chi connectivity index (χ2v) is 7.01. The van der Waals surface area contributed by atoms with Gasteiger partial charge in [-0.05, 0) is 30.3 Å². The summed E-state index contributed by atoms with van der Waals surface area (Å²) in [7, 11) is 0. The Balaban J connectivity index is 1.56. The van der Waals surface area contributed by atoms with Gasteiger partial charge in [0.15, 0.2) is 5.69 Å². The van der Waals surface area contributed by atoms with Gasteiger partial charge in [0.25, 0.3) is 11.8 Å². The molecule has 8 heteroatoms. The van der Waals surface area contributed by atoms with E-state index in [2.05, 4.69) is 27.1 Å². The standard InChI is InChI=1S/C21H24N6O2/c1-2-25-10-12-26(13-11-25)21(29)18-17-7-3-4-9-27(17)19(24-18)20(28)23-15-16-6-5-8-22-14-16/h3-9,14H,2,10-13,15H2,1H3,(H,23,28). The molecule has 4 rings (SSSR count). The number of hydrogen-bond acceptors (Lipinski definition) is 5. The number of nitrogens with zero attached hydrogens (tertiary/aromatic N) is 5. The van der Waals surface area contributed by atoms with E-state index in [4.69, 9.17) is 0 Å². The Hall–Kier alpha value is -3.26. The van der Waals surface area contributed by atoms with Crippen LogP contribution in [0, 0.1) is 0 Å². The summed E-state index contributed by atoms with van der Waals surface area (Å²) in [4.78, 5) is 38.5. The van der Waals surface area contributed by atoms with Crippen LogP contribution in [0.5, 0.6) is 0 Å². The van der Waals surface area contributed by atoms with E-state index < -0.39 is 0 Å². The van der Waals surface area contributed by atoms with E-state index in [0.717, 1.165) is 25.2 Å². The van der Waals surface area contributed by atoms with Gasteiger partial charge in [0.2, 0.25) is 5.82 Å². The zero-order chi connectivity index (χ0) is 20.2. The minimum absolute atomic E-state index is 0.129. The molecule has 29 heavy (non-hydrogen) atoms. The first kappa shape index (κ1) is 19.1. The molecule has 4 heterocycles. The van der Waals surface area contributed by atoms with Crippen LogP contribution >= 0.6 is 0 Å². The van der Waals surface area contributed by atoms with Crippen LogP contribution in [0.15, 0.2) is 48.9 Å². The highest BCUT2D eigenvalue weighted by Gasteiger charge is 2.27. The third-order valence-electron chi connectivity index (χ3n) is 5.24. The van der Waals surface area contributed by atoms with E-state index in [0.29, 0.717) is 30.8 Å². The van der Waals surface area contributed by atoms with Crippen molar-refractivity contribution in [3.8, 4) is 0 Å². The fourth-order valence-electron chi connectivity index (χ4n) is 3.54. The summed E-state index contributed by atoms with van der Waals surface area (Å²) in [6, 6.07) is 9.20. The number of hydrogen-bond donors (Lipinski definition) is 1. The lowest BCUT2D eigenvalue weighted by Gasteiger charge is -2.33. The summed E-state index contributed by atoms with van der Waals surface area (Å²) in [5, 5.41) is 2.86. The van der Waals surface area contributed by atoms with Gasteiger partial charge in [0.1, 0.15) is 0 Å². The highest BCUT2D eigenvalue weighted by molar-refractivity contribution is 6.02. The summed E-state index contributed by atoms with van der Waals surface area (Å²) >= 11 is 0. The molecule has 1 fully saturated rings. The third-order valence-corrected chi connectivity index (χ3v) is 5.24. The molecule has 1 aliphatic rings. The van der Waals surface area contributed by atoms with Crippen LogP contribution in [0.2, 0.25) is 0 Å². The van der Waals surface area contributed by atoms with E-state index in [1.807, 2.05) is 35.2 Å². The first-order valence-electron chi connectivity index (χ1n) is 9.83. The zero-order valence-electron chi connectivity index (χ0n) is 16.4. The van der Waals surface area contributed by atoms with Crippen molar-refractivity contribution in [2.45, 2.75) is 13.5 Å². The van der Waals surface area contributed by atoms with Gasteiger partial charge in [-0.2, -0.15) is 0 Å². The van der Waals surface area contributed by atoms with Gasteiger partial charge in [-0.15, -0.1) is 0 Å². The molecule has 0 bridgehead atoms. The van der Waals surface area contributed by atoms with Crippen LogP contribution in [0.25, 0.3) is 5.52 Å². The van der Waals surface area contributed by atoms with Crippen molar-refractivity contribution in [2.24, 2.45) is 0 Å². The maximum absolute atomic E-state index is 13.1. The number of piperazine rings is 1. The highest BCUT2D eigenvalue weighted by atomic mass is 16.2. The lowest BCUT2D eigenvalue weighted by molar-refractivity contribution is 0.0640. The lowest BCUT2D eigenvalue weighted by atomic mass is 10.2. The smallest absolute Gasteiger partial charge is 0.287 e. The molecule has 150 valence electrons. The van der Waals surface area contributed by atoms with Crippen molar-refractivity contribution in [1.29, 1.82) is 0 Å². The largest absolute Gasteiger partial charge is 0.345 e. The average molecular weight is 392 g/mol. The molecule has 0 aromatic carbocycles. The fraction of sp³-hybridized carbons (Fsp3) is 0.333. The van der Waals surface area contributed by atoms with E-state index in [1.165, 1.54) is 0 Å². The number of carbonyl (C=O) groups is 2. The molecule has 1 N–H and O–H groups in total. The van der Waals surface area contributed by atoms with Crippen LogP contribution in [0.1, 0.15) is 33.6 Å². The molecule has 0 radical (unpaired) electrons. The molecule has 0 aliphatic carbocycles. The van der Waals surface area contributed by atoms with Gasteiger partial charge in [-0.3, -0.25) is 19.0 Å². The Labute approximate surface area is 169 Å². The van der Waals surface area contributed by atoms with Gasteiger partial charge in [0.05, 0.1) is 5.52 Å². The number of fused-ring (bicyclic) bond motifs is 1. The van der Waals surface area contributed by atoms with E-state index in [-0.39, 0.29) is 17.6 Å². The summed E-state index contributed by atoms with van der Waals surface area (Å²) < 4.78 is 1.67. The topological polar surface area (TPSA) is 82.8 Å². The van der Waals surface area contributed by atoms with Crippen LogP contribution in [-0.4, -0.2) is 68.7 Å². The predicted molar refractivity (Wildman–Crippen MR) is 109 cm³/mol. The van der Waals surface area contributed by atoms with Gasteiger partial charge >= 0.3 is 0 Å². The number of nitrogens with one attached hydrogen (secondary N) is 1. The Morgan fingerprint density at radius 2 is 1.93 bits per heavy atom. The van der Waals surface area contributed by atoms with Crippen LogP contribution in [-0.2, 0) is 6.54 Å². The number of amides is 2. The molecule has 8 nitrogen and oxygen atoms in total. The van der Waals surface area contributed by atoms with Gasteiger partial charge in [-0.1, -0.05) is 19.1 Å². The third kappa shape index (κ3) is 3.97. The minimum Gasteiger partial charge on any atom is -0.345 e. The number of carbonyl (C=O) groups excluding carboxylic acids is 2. The van der Waals surface area contributed by atoms with E-state index in [9.17, 15) is 9.59 Å². The van der Waals surface area contributed by atoms with E-state index in [1.54, 1.807) is 23.0 Å². The van der Waals surface area contributed by atoms with Crippen molar-refractivity contribution >= 4 is 17.3 Å². The molecule has 3 aromatic heterocycles. The van der Waals surface area contributed by atoms with Crippen molar-refractivity contribution < 1.29 is 9.59 Å². The van der Waals surface area contributed by atoms with Gasteiger partial charge in [0, 0.05) is 51.3 Å². The highest BCUT2D eigenvalue weighted by Crippen LogP contribution is 2.17. The summed E-state index contributed by atoms with van der Waals surface area (Å²) in [5.41, 5.74) is 1.86. The second kappa shape index (κ2) is 8.40. The molecule has 3 aromatic rings. The quantitative estimate of drug-likeness (QED) is 0.710. The molecule has 1 aliphatic heterocycles. The molecule has 0 spiro atoms. The Kier molecular flexibility index (Phi) is 5.53. The Morgan fingerprint density at radius 1 is 1.10 bits per heavy atom. The van der Waals surface area contributed by atoms with Gasteiger partial charge in [-0.25, -0.2) is 4.98 Å². The first-order chi connectivity index (χ1) is 14.2. The van der Waals surface area contributed by atoms with Crippen LogP contribution in [0.3, 0.4) is 0 Å². The summed E-state index contributed by atoms with van der Waals surface area (Å²) in [6.45, 7) is 6.49. The second-order valence-electron chi connectivity index (χ2n) is 7.01. The molecule has 0 atom stereocenters. The SMILES string of the molecule is CCN1CCN(C(=O)c2nc(C(=O)NCc3cccnc3)n3ccccc23)CC1. The van der Waals surface area contributed by atoms with Crippen molar-refractivity contribution in [2.75, 3.05) is 32.7 Å². The molecular formula is C21H24N6O2. The number of aromatic nitrogens is 3. The van der Waals surface area contributed by atoms with Crippen LogP contribution in [0.4, 0.5) is 0 Å². The molecule has 0 unspecified atom stereocenters.